The van der Waals surface area contributed by atoms with Crippen molar-refractivity contribution >= 4 is 11.3 Å². The van der Waals surface area contributed by atoms with Crippen molar-refractivity contribution in [2.24, 2.45) is 0 Å². The van der Waals surface area contributed by atoms with Gasteiger partial charge in [0.05, 0.1) is 13.7 Å². The molecule has 0 N–H and O–H groups in total. The molecule has 1 heterocycles. The van der Waals surface area contributed by atoms with Gasteiger partial charge in [-0.2, -0.15) is 0 Å². The smallest absolute Gasteiger partial charge is 0.173 e. The summed E-state index contributed by atoms with van der Waals surface area (Å²) in [7, 11) is 1.65. The maximum Gasteiger partial charge on any atom is 0.173 e. The molecule has 0 aliphatic rings. The fourth-order valence-corrected chi connectivity index (χ4v) is 1.51. The van der Waals surface area contributed by atoms with Gasteiger partial charge in [0.15, 0.2) is 5.06 Å². The molecule has 0 aliphatic carbocycles. The average Bonchev–Trinajstić information content (AvgIpc) is 2.53. The molecule has 1 rings (SSSR count). The third kappa shape index (κ3) is 2.57. The summed E-state index contributed by atoms with van der Waals surface area (Å²) in [5.74, 6) is 2.41. The van der Waals surface area contributed by atoms with Crippen LogP contribution in [0.3, 0.4) is 0 Å². The van der Waals surface area contributed by atoms with Crippen LogP contribution in [0.2, 0.25) is 0 Å². The van der Waals surface area contributed by atoms with Gasteiger partial charge >= 0.3 is 0 Å². The molecule has 0 bridgehead atoms. The van der Waals surface area contributed by atoms with E-state index in [-0.39, 0.29) is 0 Å². The van der Waals surface area contributed by atoms with Gasteiger partial charge in [-0.15, -0.1) is 17.8 Å². The maximum absolute atomic E-state index is 5.15. The first-order chi connectivity index (χ1) is 5.86. The predicted octanol–water partition coefficient (Wildman–Crippen LogP) is 1.91. The van der Waals surface area contributed by atoms with Gasteiger partial charge in [-0.25, -0.2) is 0 Å². The van der Waals surface area contributed by atoms with Crippen molar-refractivity contribution in [3.63, 3.8) is 0 Å². The van der Waals surface area contributed by atoms with Crippen LogP contribution in [0.5, 0.6) is 5.06 Å². The first kappa shape index (κ1) is 9.11. The number of ether oxygens (including phenoxy) is 2. The zero-order valence-electron chi connectivity index (χ0n) is 6.87. The second kappa shape index (κ2) is 4.81. The molecule has 0 aliphatic heterocycles. The number of hydrogen-bond acceptors (Lipinski definition) is 3. The van der Waals surface area contributed by atoms with Gasteiger partial charge in [0, 0.05) is 4.88 Å². The standard InChI is InChI=1S/C9H10O2S/c1-3-6-11-7-8-4-5-9(10-2)12-8/h1,4-5H,6-7H2,2H3. The predicted molar refractivity (Wildman–Crippen MR) is 49.4 cm³/mol. The van der Waals surface area contributed by atoms with Crippen LogP contribution in [0.1, 0.15) is 4.88 Å². The topological polar surface area (TPSA) is 18.5 Å². The van der Waals surface area contributed by atoms with E-state index in [0.717, 1.165) is 9.94 Å². The quantitative estimate of drug-likeness (QED) is 0.523. The number of thiophene rings is 1. The zero-order chi connectivity index (χ0) is 8.81. The highest BCUT2D eigenvalue weighted by atomic mass is 32.1. The highest BCUT2D eigenvalue weighted by Crippen LogP contribution is 2.24. The Bertz CT molecular complexity index is 272. The number of methoxy groups -OCH3 is 1. The Balaban J connectivity index is 2.37. The Morgan fingerprint density at radius 1 is 1.58 bits per heavy atom. The highest BCUT2D eigenvalue weighted by Gasteiger charge is 1.98. The summed E-state index contributed by atoms with van der Waals surface area (Å²) in [5.41, 5.74) is 0. The SMILES string of the molecule is C#CCOCc1ccc(OC)s1. The van der Waals surface area contributed by atoms with Crippen molar-refractivity contribution in [1.29, 1.82) is 0 Å². The molecule has 0 spiro atoms. The van der Waals surface area contributed by atoms with E-state index in [4.69, 9.17) is 15.9 Å². The van der Waals surface area contributed by atoms with E-state index in [0.29, 0.717) is 13.2 Å². The Morgan fingerprint density at radius 2 is 2.42 bits per heavy atom. The van der Waals surface area contributed by atoms with Crippen molar-refractivity contribution in [3.05, 3.63) is 17.0 Å². The highest BCUT2D eigenvalue weighted by molar-refractivity contribution is 7.13. The van der Waals surface area contributed by atoms with Gasteiger partial charge in [0.25, 0.3) is 0 Å². The molecule has 64 valence electrons. The van der Waals surface area contributed by atoms with Crippen LogP contribution in [-0.4, -0.2) is 13.7 Å². The molecule has 12 heavy (non-hydrogen) atoms. The van der Waals surface area contributed by atoms with Crippen LogP contribution >= 0.6 is 11.3 Å². The van der Waals surface area contributed by atoms with Gasteiger partial charge in [0.1, 0.15) is 6.61 Å². The minimum Gasteiger partial charge on any atom is -0.487 e. The van der Waals surface area contributed by atoms with Gasteiger partial charge < -0.3 is 9.47 Å². The number of hydrogen-bond donors (Lipinski definition) is 0. The normalized spacial score (nSPS) is 9.33. The Labute approximate surface area is 76.1 Å². The third-order valence-electron chi connectivity index (χ3n) is 1.27. The first-order valence-corrected chi connectivity index (χ1v) is 4.32. The maximum atomic E-state index is 5.15. The summed E-state index contributed by atoms with van der Waals surface area (Å²) in [4.78, 5) is 1.13. The van der Waals surface area contributed by atoms with E-state index in [2.05, 4.69) is 5.92 Å². The zero-order valence-corrected chi connectivity index (χ0v) is 7.69. The van der Waals surface area contributed by atoms with Crippen molar-refractivity contribution in [2.45, 2.75) is 6.61 Å². The second-order valence-electron chi connectivity index (χ2n) is 2.12. The fourth-order valence-electron chi connectivity index (χ4n) is 0.756. The van der Waals surface area contributed by atoms with Crippen molar-refractivity contribution < 1.29 is 9.47 Å². The van der Waals surface area contributed by atoms with E-state index in [1.165, 1.54) is 0 Å². The summed E-state index contributed by atoms with van der Waals surface area (Å²) >= 11 is 1.57. The van der Waals surface area contributed by atoms with E-state index < -0.39 is 0 Å². The summed E-state index contributed by atoms with van der Waals surface area (Å²) in [6, 6.07) is 3.89. The number of rotatable bonds is 4. The molecule has 2 nitrogen and oxygen atoms in total. The Kier molecular flexibility index (Phi) is 3.65. The second-order valence-corrected chi connectivity index (χ2v) is 3.25. The molecule has 0 radical (unpaired) electrons. The van der Waals surface area contributed by atoms with Gasteiger partial charge in [-0.3, -0.25) is 0 Å². The minimum atomic E-state index is 0.361. The molecule has 0 aromatic carbocycles. The van der Waals surface area contributed by atoms with Crippen LogP contribution in [-0.2, 0) is 11.3 Å². The molecular formula is C9H10O2S. The van der Waals surface area contributed by atoms with E-state index in [1.54, 1.807) is 18.4 Å². The van der Waals surface area contributed by atoms with Gasteiger partial charge in [-0.05, 0) is 12.1 Å². The van der Waals surface area contributed by atoms with Crippen molar-refractivity contribution in [1.82, 2.24) is 0 Å². The summed E-state index contributed by atoms with van der Waals surface area (Å²) < 4.78 is 10.2. The molecule has 0 atom stereocenters. The summed E-state index contributed by atoms with van der Waals surface area (Å²) in [6.45, 7) is 0.929. The summed E-state index contributed by atoms with van der Waals surface area (Å²) in [6.07, 6.45) is 5.03. The first-order valence-electron chi connectivity index (χ1n) is 3.50. The fraction of sp³-hybridized carbons (Fsp3) is 0.333. The monoisotopic (exact) mass is 182 g/mol. The van der Waals surface area contributed by atoms with Crippen LogP contribution < -0.4 is 4.74 Å². The van der Waals surface area contributed by atoms with Crippen LogP contribution in [0.15, 0.2) is 12.1 Å². The molecule has 3 heteroatoms. The summed E-state index contributed by atoms with van der Waals surface area (Å²) in [5, 5.41) is 0.898. The lowest BCUT2D eigenvalue weighted by Gasteiger charge is -1.95. The van der Waals surface area contributed by atoms with Crippen molar-refractivity contribution in [2.75, 3.05) is 13.7 Å². The Morgan fingerprint density at radius 3 is 3.00 bits per heavy atom. The van der Waals surface area contributed by atoms with Gasteiger partial charge in [0.2, 0.25) is 0 Å². The lowest BCUT2D eigenvalue weighted by atomic mass is 10.5. The lowest BCUT2D eigenvalue weighted by Crippen LogP contribution is -1.89. The largest absolute Gasteiger partial charge is 0.487 e. The van der Waals surface area contributed by atoms with E-state index >= 15 is 0 Å². The number of terminal acetylenes is 1. The molecule has 1 aromatic rings. The third-order valence-corrected chi connectivity index (χ3v) is 2.29. The molecule has 1 aromatic heterocycles. The molecule has 0 unspecified atom stereocenters. The lowest BCUT2D eigenvalue weighted by molar-refractivity contribution is 0.156. The molecule has 0 fully saturated rings. The van der Waals surface area contributed by atoms with Crippen LogP contribution in [0.25, 0.3) is 0 Å². The average molecular weight is 182 g/mol. The Hall–Kier alpha value is -0.980. The van der Waals surface area contributed by atoms with Crippen LogP contribution in [0, 0.1) is 12.3 Å². The molecular weight excluding hydrogens is 172 g/mol. The molecule has 0 saturated heterocycles. The molecule has 0 saturated carbocycles. The van der Waals surface area contributed by atoms with Crippen molar-refractivity contribution in [3.8, 4) is 17.4 Å². The van der Waals surface area contributed by atoms with E-state index in [1.807, 2.05) is 12.1 Å². The van der Waals surface area contributed by atoms with Crippen LogP contribution in [0.4, 0.5) is 0 Å². The molecule has 0 amide bonds. The van der Waals surface area contributed by atoms with Gasteiger partial charge in [-0.1, -0.05) is 5.92 Å². The minimum absolute atomic E-state index is 0.361. The van der Waals surface area contributed by atoms with E-state index in [9.17, 15) is 0 Å².